The van der Waals surface area contributed by atoms with Crippen molar-refractivity contribution in [2.45, 2.75) is 38.7 Å². The molecule has 0 spiro atoms. The third kappa shape index (κ3) is 5.28. The number of carbonyl (C=O) groups is 2. The van der Waals surface area contributed by atoms with Gasteiger partial charge in [-0.05, 0) is 50.2 Å². The smallest absolute Gasteiger partial charge is 0.338 e. The van der Waals surface area contributed by atoms with E-state index in [9.17, 15) is 19.7 Å². The van der Waals surface area contributed by atoms with Crippen LogP contribution in [0.25, 0.3) is 10.9 Å². The van der Waals surface area contributed by atoms with Crippen molar-refractivity contribution in [3.8, 4) is 0 Å². The van der Waals surface area contributed by atoms with Gasteiger partial charge in [0.05, 0.1) is 21.6 Å². The van der Waals surface area contributed by atoms with Gasteiger partial charge in [0, 0.05) is 30.1 Å². The van der Waals surface area contributed by atoms with Crippen LogP contribution in [0, 0.1) is 24.0 Å². The van der Waals surface area contributed by atoms with Gasteiger partial charge in [0.15, 0.2) is 0 Å². The molecule has 4 aromatic rings. The van der Waals surface area contributed by atoms with Crippen LogP contribution in [0.15, 0.2) is 79.0 Å². The Balaban J connectivity index is 1.36. The van der Waals surface area contributed by atoms with E-state index in [2.05, 4.69) is 0 Å². The number of carbonyl (C=O) groups excluding carboxylic acids is 2. The quantitative estimate of drug-likeness (QED) is 0.181. The minimum atomic E-state index is -0.709. The van der Waals surface area contributed by atoms with E-state index in [1.165, 1.54) is 12.1 Å². The van der Waals surface area contributed by atoms with Gasteiger partial charge in [-0.3, -0.25) is 10.1 Å². The number of esters is 2. The summed E-state index contributed by atoms with van der Waals surface area (Å²) in [5, 5.41) is 11.8. The monoisotopic (exact) mass is 514 g/mol. The molecule has 0 amide bonds. The first-order chi connectivity index (χ1) is 18.3. The minimum Gasteiger partial charge on any atom is -0.459 e. The van der Waals surface area contributed by atoms with Crippen LogP contribution >= 0.6 is 0 Å². The van der Waals surface area contributed by atoms with E-state index < -0.39 is 35.3 Å². The molecule has 3 aromatic carbocycles. The molecule has 38 heavy (non-hydrogen) atoms. The molecule has 9 heteroatoms. The molecule has 1 aliphatic heterocycles. The topological polar surface area (TPSA) is 110 Å². The summed E-state index contributed by atoms with van der Waals surface area (Å²) < 4.78 is 19.5. The summed E-state index contributed by atoms with van der Waals surface area (Å²) in [5.74, 6) is -0.999. The fourth-order valence-electron chi connectivity index (χ4n) is 4.49. The van der Waals surface area contributed by atoms with Crippen molar-refractivity contribution in [2.75, 3.05) is 6.61 Å². The number of hydrogen-bond acceptors (Lipinski definition) is 7. The molecule has 194 valence electrons. The zero-order chi connectivity index (χ0) is 26.8. The molecular formula is C29H26N2O7. The number of non-ortho nitro benzene ring substituents is 1. The number of fused-ring (bicyclic) bond motifs is 1. The third-order valence-corrected chi connectivity index (χ3v) is 6.62. The Morgan fingerprint density at radius 1 is 0.947 bits per heavy atom. The summed E-state index contributed by atoms with van der Waals surface area (Å²) in [7, 11) is 0. The van der Waals surface area contributed by atoms with E-state index in [0.29, 0.717) is 22.9 Å². The first kappa shape index (κ1) is 25.2. The molecule has 0 saturated carbocycles. The van der Waals surface area contributed by atoms with Gasteiger partial charge in [0.1, 0.15) is 25.0 Å². The number of rotatable bonds is 7. The summed E-state index contributed by atoms with van der Waals surface area (Å²) in [5.41, 5.74) is 3.60. The highest BCUT2D eigenvalue weighted by Crippen LogP contribution is 2.35. The maximum absolute atomic E-state index is 12.9. The summed E-state index contributed by atoms with van der Waals surface area (Å²) in [6, 6.07) is 20.4. The second-order valence-electron chi connectivity index (χ2n) is 9.36. The van der Waals surface area contributed by atoms with Crippen molar-refractivity contribution >= 4 is 28.5 Å². The predicted molar refractivity (Wildman–Crippen MR) is 139 cm³/mol. The number of benzene rings is 3. The molecule has 5 rings (SSSR count). The van der Waals surface area contributed by atoms with E-state index in [1.807, 2.05) is 42.7 Å². The van der Waals surface area contributed by atoms with Crippen LogP contribution in [0.5, 0.6) is 0 Å². The van der Waals surface area contributed by atoms with Gasteiger partial charge in [-0.25, -0.2) is 9.59 Å². The number of aromatic nitrogens is 1. The summed E-state index contributed by atoms with van der Waals surface area (Å²) in [4.78, 5) is 36.2. The van der Waals surface area contributed by atoms with Crippen LogP contribution in [-0.4, -0.2) is 40.2 Å². The van der Waals surface area contributed by atoms with Crippen molar-refractivity contribution in [1.29, 1.82) is 0 Å². The summed E-state index contributed by atoms with van der Waals surface area (Å²) in [6.45, 7) is 3.75. The number of aryl methyl sites for hydroxylation is 2. The Morgan fingerprint density at radius 3 is 2.21 bits per heavy atom. The fraction of sp³-hybridized carbons (Fsp3) is 0.241. The zero-order valence-corrected chi connectivity index (χ0v) is 20.9. The lowest BCUT2D eigenvalue weighted by atomic mass is 10.1. The van der Waals surface area contributed by atoms with E-state index >= 15 is 0 Å². The molecule has 0 bridgehead atoms. The normalized spacial score (nSPS) is 18.8. The van der Waals surface area contributed by atoms with Crippen LogP contribution in [-0.2, 0) is 14.2 Å². The van der Waals surface area contributed by atoms with Crippen molar-refractivity contribution in [3.05, 3.63) is 111 Å². The van der Waals surface area contributed by atoms with E-state index in [0.717, 1.165) is 16.6 Å². The van der Waals surface area contributed by atoms with Crippen molar-refractivity contribution in [3.63, 3.8) is 0 Å². The molecule has 1 fully saturated rings. The van der Waals surface area contributed by atoms with Gasteiger partial charge >= 0.3 is 11.9 Å². The molecule has 1 saturated heterocycles. The molecular weight excluding hydrogens is 488 g/mol. The van der Waals surface area contributed by atoms with Crippen LogP contribution < -0.4 is 0 Å². The Morgan fingerprint density at radius 2 is 1.58 bits per heavy atom. The van der Waals surface area contributed by atoms with Crippen molar-refractivity contribution in [1.82, 2.24) is 4.57 Å². The predicted octanol–water partition coefficient (Wildman–Crippen LogP) is 5.54. The Kier molecular flexibility index (Phi) is 6.93. The number of nitro benzene ring substituents is 1. The highest BCUT2D eigenvalue weighted by molar-refractivity contribution is 5.90. The van der Waals surface area contributed by atoms with Gasteiger partial charge in [-0.15, -0.1) is 0 Å². The fourth-order valence-corrected chi connectivity index (χ4v) is 4.49. The van der Waals surface area contributed by atoms with Crippen molar-refractivity contribution < 1.29 is 28.7 Å². The molecule has 1 aromatic heterocycles. The Hall–Kier alpha value is -4.50. The number of nitrogens with zero attached hydrogens (tertiary/aromatic N) is 2. The first-order valence-corrected chi connectivity index (χ1v) is 12.2. The second kappa shape index (κ2) is 10.5. The Bertz CT molecular complexity index is 1490. The average Bonchev–Trinajstić information content (AvgIpc) is 3.51. The van der Waals surface area contributed by atoms with Crippen LogP contribution in [0.4, 0.5) is 5.69 Å². The maximum Gasteiger partial charge on any atom is 0.338 e. The van der Waals surface area contributed by atoms with Crippen LogP contribution in [0.3, 0.4) is 0 Å². The molecule has 0 radical (unpaired) electrons. The summed E-state index contributed by atoms with van der Waals surface area (Å²) in [6.07, 6.45) is 0.159. The lowest BCUT2D eigenvalue weighted by Crippen LogP contribution is -2.32. The van der Waals surface area contributed by atoms with E-state index in [1.54, 1.807) is 42.6 Å². The third-order valence-electron chi connectivity index (χ3n) is 6.62. The minimum absolute atomic E-state index is 0.00612. The van der Waals surface area contributed by atoms with Gasteiger partial charge in [-0.2, -0.15) is 0 Å². The second-order valence-corrected chi connectivity index (χ2v) is 9.36. The van der Waals surface area contributed by atoms with Gasteiger partial charge in [0.25, 0.3) is 5.69 Å². The number of hydrogen-bond donors (Lipinski definition) is 0. The number of ether oxygens (including phenoxy) is 3. The van der Waals surface area contributed by atoms with E-state index in [4.69, 9.17) is 14.2 Å². The lowest BCUT2D eigenvalue weighted by Gasteiger charge is -2.19. The van der Waals surface area contributed by atoms with E-state index in [-0.39, 0.29) is 12.3 Å². The molecule has 3 atom stereocenters. The van der Waals surface area contributed by atoms with Crippen molar-refractivity contribution in [2.24, 2.45) is 0 Å². The largest absolute Gasteiger partial charge is 0.459 e. The van der Waals surface area contributed by atoms with Gasteiger partial charge < -0.3 is 18.8 Å². The molecule has 9 nitrogen and oxygen atoms in total. The lowest BCUT2D eigenvalue weighted by molar-refractivity contribution is -0.384. The molecule has 2 heterocycles. The standard InChI is InChI=1S/C29H26N2O7/c1-18-3-7-20(8-4-18)28(32)36-17-26-25(38-29(33)21-9-5-19(2)6-10-21)16-27(37-26)30-14-13-22-15-23(31(34)35)11-12-24(22)30/h3-15,25-27H,16-17H2,1-2H3. The molecule has 3 unspecified atom stereocenters. The molecule has 0 N–H and O–H groups in total. The first-order valence-electron chi connectivity index (χ1n) is 12.2. The van der Waals surface area contributed by atoms with Crippen LogP contribution in [0.1, 0.15) is 44.5 Å². The zero-order valence-electron chi connectivity index (χ0n) is 20.9. The van der Waals surface area contributed by atoms with Crippen LogP contribution in [0.2, 0.25) is 0 Å². The Labute approximate surface area is 218 Å². The highest BCUT2D eigenvalue weighted by atomic mass is 16.6. The average molecular weight is 515 g/mol. The number of nitro groups is 1. The molecule has 0 aliphatic carbocycles. The highest BCUT2D eigenvalue weighted by Gasteiger charge is 2.40. The van der Waals surface area contributed by atoms with Gasteiger partial charge in [-0.1, -0.05) is 35.4 Å². The van der Waals surface area contributed by atoms with Gasteiger partial charge in [0.2, 0.25) is 0 Å². The molecule has 1 aliphatic rings. The summed E-state index contributed by atoms with van der Waals surface area (Å²) >= 11 is 0. The SMILES string of the molecule is Cc1ccc(C(=O)OCC2OC(n3ccc4cc([N+](=O)[O-])ccc43)CC2OC(=O)c2ccc(C)cc2)cc1. The maximum atomic E-state index is 12.9.